The average molecular weight is 629 g/mol. The topological polar surface area (TPSA) is 0 Å². The Kier molecular flexibility index (Phi) is 10.1. The number of benzene rings is 4. The van der Waals surface area contributed by atoms with Crippen LogP contribution in [0.2, 0.25) is 0 Å². The van der Waals surface area contributed by atoms with E-state index >= 15 is 17.6 Å². The van der Waals surface area contributed by atoms with Gasteiger partial charge in [-0.3, -0.25) is 0 Å². The predicted molar refractivity (Wildman–Crippen MR) is 161 cm³/mol. The molecule has 0 nitrogen and oxygen atoms in total. The van der Waals surface area contributed by atoms with Crippen molar-refractivity contribution in [1.29, 1.82) is 0 Å². The Morgan fingerprint density at radius 1 is 0.600 bits per heavy atom. The van der Waals surface area contributed by atoms with Crippen LogP contribution in [0.5, 0.6) is 0 Å². The minimum atomic E-state index is -1.73. The molecule has 236 valence electrons. The summed E-state index contributed by atoms with van der Waals surface area (Å²) in [6, 6.07) is 11.6. The Labute approximate surface area is 257 Å². The third-order valence-electron chi connectivity index (χ3n) is 8.75. The number of hydrogen-bond donors (Lipinski definition) is 0. The van der Waals surface area contributed by atoms with E-state index in [-0.39, 0.29) is 28.2 Å². The van der Waals surface area contributed by atoms with Gasteiger partial charge in [-0.2, -0.15) is 0 Å². The zero-order valence-electron chi connectivity index (χ0n) is 24.7. The van der Waals surface area contributed by atoms with E-state index in [2.05, 4.69) is 6.92 Å². The molecule has 0 spiro atoms. The van der Waals surface area contributed by atoms with Gasteiger partial charge in [0.15, 0.2) is 29.1 Å². The normalized spacial score (nSPS) is 17.4. The molecule has 0 aliphatic heterocycles. The van der Waals surface area contributed by atoms with Crippen molar-refractivity contribution in [3.8, 4) is 22.3 Å². The monoisotopic (exact) mass is 628 g/mol. The SMILES string of the molecule is CCCCCC1CCC(c2ccc(-c3ccc(/C(F)=C(\F)c4ccc(-c5cc(F)c(F)c(F)c5)c(F)c4)c(F)c3)c(F)c2)CC1. The minimum Gasteiger partial charge on any atom is -0.206 e. The second-order valence-electron chi connectivity index (χ2n) is 11.7. The second kappa shape index (κ2) is 14.0. The molecule has 0 heterocycles. The molecule has 1 aliphatic carbocycles. The van der Waals surface area contributed by atoms with Crippen molar-refractivity contribution in [2.45, 2.75) is 64.2 Å². The fourth-order valence-corrected chi connectivity index (χ4v) is 6.19. The van der Waals surface area contributed by atoms with Crippen molar-refractivity contribution in [3.63, 3.8) is 0 Å². The Morgan fingerprint density at radius 3 is 1.84 bits per heavy atom. The molecule has 0 radical (unpaired) electrons. The van der Waals surface area contributed by atoms with E-state index in [9.17, 15) is 17.6 Å². The van der Waals surface area contributed by atoms with Crippen molar-refractivity contribution in [2.24, 2.45) is 5.92 Å². The van der Waals surface area contributed by atoms with E-state index in [0.29, 0.717) is 18.2 Å². The zero-order chi connectivity index (χ0) is 32.2. The quantitative estimate of drug-likeness (QED) is 0.0749. The van der Waals surface area contributed by atoms with Gasteiger partial charge in [0.25, 0.3) is 0 Å². The highest BCUT2D eigenvalue weighted by Crippen LogP contribution is 2.40. The Bertz CT molecular complexity index is 1690. The first kappa shape index (κ1) is 32.5. The summed E-state index contributed by atoms with van der Waals surface area (Å²) < 4.78 is 116. The first-order valence-corrected chi connectivity index (χ1v) is 15.2. The highest BCUT2D eigenvalue weighted by atomic mass is 19.2. The largest absolute Gasteiger partial charge is 0.206 e. The van der Waals surface area contributed by atoms with Gasteiger partial charge in [0, 0.05) is 22.3 Å². The summed E-state index contributed by atoms with van der Waals surface area (Å²) in [7, 11) is 0. The summed E-state index contributed by atoms with van der Waals surface area (Å²) in [5.41, 5.74) is -0.941. The van der Waals surface area contributed by atoms with Crippen LogP contribution in [-0.2, 0) is 0 Å². The molecule has 0 atom stereocenters. The summed E-state index contributed by atoms with van der Waals surface area (Å²) in [5.74, 6) is -9.91. The summed E-state index contributed by atoms with van der Waals surface area (Å²) in [6.45, 7) is 2.19. The lowest BCUT2D eigenvalue weighted by atomic mass is 9.77. The summed E-state index contributed by atoms with van der Waals surface area (Å²) in [4.78, 5) is 0. The number of rotatable bonds is 9. The molecule has 0 aromatic heterocycles. The van der Waals surface area contributed by atoms with Crippen LogP contribution in [0.4, 0.5) is 35.1 Å². The van der Waals surface area contributed by atoms with Gasteiger partial charge in [0.05, 0.1) is 0 Å². The average Bonchev–Trinajstić information content (AvgIpc) is 3.03. The smallest absolute Gasteiger partial charge is 0.194 e. The van der Waals surface area contributed by atoms with Crippen LogP contribution in [-0.4, -0.2) is 0 Å². The molecule has 4 aromatic rings. The minimum absolute atomic E-state index is 0.119. The fraction of sp³-hybridized carbons (Fsp3) is 0.297. The molecule has 1 aliphatic rings. The van der Waals surface area contributed by atoms with Crippen molar-refractivity contribution >= 4 is 11.7 Å². The maximum Gasteiger partial charge on any atom is 0.194 e. The van der Waals surface area contributed by atoms with Crippen molar-refractivity contribution in [3.05, 3.63) is 118 Å². The van der Waals surface area contributed by atoms with Gasteiger partial charge in [-0.25, -0.2) is 35.1 Å². The summed E-state index contributed by atoms with van der Waals surface area (Å²) in [6.07, 6.45) is 9.14. The Hall–Kier alpha value is -3.94. The van der Waals surface area contributed by atoms with Gasteiger partial charge in [-0.05, 0) is 90.6 Å². The van der Waals surface area contributed by atoms with Crippen LogP contribution in [0.1, 0.15) is 80.9 Å². The maximum atomic E-state index is 15.2. The number of hydrogen-bond acceptors (Lipinski definition) is 0. The third kappa shape index (κ3) is 7.15. The lowest BCUT2D eigenvalue weighted by Crippen LogP contribution is -2.13. The maximum absolute atomic E-state index is 15.2. The summed E-state index contributed by atoms with van der Waals surface area (Å²) >= 11 is 0. The van der Waals surface area contributed by atoms with Crippen LogP contribution in [0.15, 0.2) is 66.7 Å². The van der Waals surface area contributed by atoms with Gasteiger partial charge in [0.1, 0.15) is 17.5 Å². The van der Waals surface area contributed by atoms with Crippen LogP contribution in [0, 0.1) is 40.8 Å². The third-order valence-corrected chi connectivity index (χ3v) is 8.75. The molecule has 0 N–H and O–H groups in total. The van der Waals surface area contributed by atoms with Crippen LogP contribution in [0.25, 0.3) is 33.9 Å². The molecule has 1 fully saturated rings. The lowest BCUT2D eigenvalue weighted by molar-refractivity contribution is 0.302. The molecule has 5 rings (SSSR count). The van der Waals surface area contributed by atoms with E-state index in [0.717, 1.165) is 61.4 Å². The molecular weight excluding hydrogens is 596 g/mol. The van der Waals surface area contributed by atoms with Gasteiger partial charge < -0.3 is 0 Å². The molecule has 45 heavy (non-hydrogen) atoms. The molecule has 1 saturated carbocycles. The fourth-order valence-electron chi connectivity index (χ4n) is 6.19. The number of halogens is 8. The Morgan fingerprint density at radius 2 is 1.22 bits per heavy atom. The predicted octanol–water partition coefficient (Wildman–Crippen LogP) is 12.5. The van der Waals surface area contributed by atoms with Gasteiger partial charge in [-0.15, -0.1) is 0 Å². The van der Waals surface area contributed by atoms with E-state index in [1.165, 1.54) is 37.8 Å². The molecule has 0 amide bonds. The highest BCUT2D eigenvalue weighted by Gasteiger charge is 2.24. The van der Waals surface area contributed by atoms with E-state index in [1.807, 2.05) is 6.07 Å². The Balaban J connectivity index is 1.32. The summed E-state index contributed by atoms with van der Waals surface area (Å²) in [5, 5.41) is 0. The molecule has 0 bridgehead atoms. The second-order valence-corrected chi connectivity index (χ2v) is 11.7. The van der Waals surface area contributed by atoms with Crippen molar-refractivity contribution in [1.82, 2.24) is 0 Å². The first-order chi connectivity index (χ1) is 21.6. The highest BCUT2D eigenvalue weighted by molar-refractivity contribution is 5.85. The first-order valence-electron chi connectivity index (χ1n) is 15.2. The van der Waals surface area contributed by atoms with Crippen molar-refractivity contribution < 1.29 is 35.1 Å². The van der Waals surface area contributed by atoms with Crippen molar-refractivity contribution in [2.75, 3.05) is 0 Å². The molecule has 0 unspecified atom stereocenters. The van der Waals surface area contributed by atoms with Gasteiger partial charge in [0.2, 0.25) is 0 Å². The molecule has 8 heteroatoms. The molecular formula is C37H32F8. The van der Waals surface area contributed by atoms with Gasteiger partial charge in [-0.1, -0.05) is 62.9 Å². The number of unbranched alkanes of at least 4 members (excludes halogenated alkanes) is 2. The van der Waals surface area contributed by atoms with Crippen LogP contribution >= 0.6 is 0 Å². The zero-order valence-corrected chi connectivity index (χ0v) is 24.7. The van der Waals surface area contributed by atoms with E-state index < -0.39 is 57.7 Å². The van der Waals surface area contributed by atoms with E-state index in [4.69, 9.17) is 0 Å². The van der Waals surface area contributed by atoms with Crippen LogP contribution in [0.3, 0.4) is 0 Å². The van der Waals surface area contributed by atoms with Crippen LogP contribution < -0.4 is 0 Å². The molecule has 0 saturated heterocycles. The van der Waals surface area contributed by atoms with E-state index in [1.54, 1.807) is 6.07 Å². The standard InChI is InChI=1S/C37H32F8/c1-2-3-4-5-21-6-8-22(9-7-21)23-10-13-27(30(38)16-23)24-11-15-29(32(40)17-24)36(44)35(43)25-12-14-28(31(39)18-25)26-19-33(41)37(45)34(42)20-26/h10-22H,2-9H2,1H3/b36-35+. The van der Waals surface area contributed by atoms with Gasteiger partial charge >= 0.3 is 0 Å². The molecule has 4 aromatic carbocycles. The lowest BCUT2D eigenvalue weighted by Gasteiger charge is -2.29.